The molecule has 1 heterocycles. The Morgan fingerprint density at radius 1 is 1.30 bits per heavy atom. The van der Waals surface area contributed by atoms with Gasteiger partial charge in [-0.25, -0.2) is 9.07 Å². The number of halogens is 1. The van der Waals surface area contributed by atoms with Gasteiger partial charge in [0, 0.05) is 13.0 Å². The van der Waals surface area contributed by atoms with Crippen LogP contribution in [0.25, 0.3) is 5.69 Å². The molecule has 106 valence electrons. The van der Waals surface area contributed by atoms with Gasteiger partial charge in [0.2, 0.25) is 0 Å². The second-order valence-electron chi connectivity index (χ2n) is 5.40. The van der Waals surface area contributed by atoms with E-state index in [4.69, 9.17) is 5.73 Å². The van der Waals surface area contributed by atoms with Crippen molar-refractivity contribution in [1.29, 1.82) is 0 Å². The molecule has 0 unspecified atom stereocenters. The second-order valence-corrected chi connectivity index (χ2v) is 5.40. The van der Waals surface area contributed by atoms with Crippen LogP contribution in [0.1, 0.15) is 37.3 Å². The van der Waals surface area contributed by atoms with E-state index >= 15 is 0 Å². The van der Waals surface area contributed by atoms with Crippen molar-refractivity contribution >= 4 is 5.69 Å². The van der Waals surface area contributed by atoms with E-state index in [0.717, 1.165) is 18.5 Å². The highest BCUT2D eigenvalue weighted by Crippen LogP contribution is 2.36. The van der Waals surface area contributed by atoms with Crippen LogP contribution in [0.15, 0.2) is 29.1 Å². The summed E-state index contributed by atoms with van der Waals surface area (Å²) < 4.78 is 16.6. The maximum absolute atomic E-state index is 13.4. The first-order valence-corrected chi connectivity index (χ1v) is 6.93. The molecular formula is C15H18FN3O. The van der Waals surface area contributed by atoms with E-state index in [1.54, 1.807) is 16.8 Å². The third-order valence-electron chi connectivity index (χ3n) is 4.14. The molecule has 2 aromatic rings. The zero-order chi connectivity index (χ0) is 14.3. The third-order valence-corrected chi connectivity index (χ3v) is 4.14. The first-order valence-electron chi connectivity index (χ1n) is 6.93. The van der Waals surface area contributed by atoms with Gasteiger partial charge in [0.15, 0.2) is 0 Å². The Bertz CT molecular complexity index is 696. The quantitative estimate of drug-likeness (QED) is 0.915. The summed E-state index contributed by atoms with van der Waals surface area (Å²) in [6, 6.07) is 6.01. The molecule has 1 aliphatic rings. The second kappa shape index (κ2) is 4.81. The number of benzene rings is 1. The van der Waals surface area contributed by atoms with Crippen molar-refractivity contribution in [2.75, 3.05) is 5.73 Å². The average Bonchev–Trinajstić information content (AvgIpc) is 2.99. The van der Waals surface area contributed by atoms with Crippen LogP contribution in [-0.2, 0) is 7.05 Å². The van der Waals surface area contributed by atoms with Crippen LogP contribution >= 0.6 is 0 Å². The van der Waals surface area contributed by atoms with E-state index in [0.29, 0.717) is 17.3 Å². The summed E-state index contributed by atoms with van der Waals surface area (Å²) in [6.07, 6.45) is 4.46. The molecule has 2 N–H and O–H groups in total. The lowest BCUT2D eigenvalue weighted by Crippen LogP contribution is -2.20. The van der Waals surface area contributed by atoms with Crippen LogP contribution < -0.4 is 11.3 Å². The van der Waals surface area contributed by atoms with Gasteiger partial charge < -0.3 is 5.73 Å². The molecule has 1 aromatic carbocycles. The Hall–Kier alpha value is -2.04. The van der Waals surface area contributed by atoms with Gasteiger partial charge in [0.25, 0.3) is 5.56 Å². The number of hydrogen-bond acceptors (Lipinski definition) is 2. The number of nitrogen functional groups attached to an aromatic ring is 1. The summed E-state index contributed by atoms with van der Waals surface area (Å²) in [5.74, 6) is -0.0286. The Kier molecular flexibility index (Phi) is 3.12. The normalized spacial score (nSPS) is 15.9. The highest BCUT2D eigenvalue weighted by molar-refractivity contribution is 5.47. The molecule has 0 saturated heterocycles. The maximum atomic E-state index is 13.4. The van der Waals surface area contributed by atoms with Crippen molar-refractivity contribution in [3.05, 3.63) is 46.1 Å². The molecular weight excluding hydrogens is 257 g/mol. The monoisotopic (exact) mass is 275 g/mol. The molecule has 0 atom stereocenters. The molecule has 3 rings (SSSR count). The third kappa shape index (κ3) is 1.94. The van der Waals surface area contributed by atoms with Crippen LogP contribution in [0.5, 0.6) is 0 Å². The molecule has 0 radical (unpaired) electrons. The minimum Gasteiger partial charge on any atom is -0.393 e. The van der Waals surface area contributed by atoms with Gasteiger partial charge >= 0.3 is 0 Å². The lowest BCUT2D eigenvalue weighted by molar-refractivity contribution is 0.564. The first-order chi connectivity index (χ1) is 9.59. The molecule has 0 aliphatic heterocycles. The van der Waals surface area contributed by atoms with Gasteiger partial charge in [0.05, 0.1) is 11.4 Å². The van der Waals surface area contributed by atoms with Crippen LogP contribution in [0.2, 0.25) is 0 Å². The Morgan fingerprint density at radius 3 is 2.65 bits per heavy atom. The highest BCUT2D eigenvalue weighted by atomic mass is 19.1. The molecule has 0 amide bonds. The Labute approximate surface area is 116 Å². The summed E-state index contributed by atoms with van der Waals surface area (Å²) in [4.78, 5) is 12.4. The van der Waals surface area contributed by atoms with Crippen LogP contribution in [0, 0.1) is 5.82 Å². The van der Waals surface area contributed by atoms with E-state index in [9.17, 15) is 9.18 Å². The smallest absolute Gasteiger partial charge is 0.294 e. The van der Waals surface area contributed by atoms with E-state index < -0.39 is 0 Å². The van der Waals surface area contributed by atoms with Crippen molar-refractivity contribution in [3.63, 3.8) is 0 Å². The van der Waals surface area contributed by atoms with E-state index in [-0.39, 0.29) is 11.4 Å². The fourth-order valence-corrected chi connectivity index (χ4v) is 3.22. The standard InChI is InChI=1S/C15H18FN3O/c1-18-14(10-5-2-3-6-10)13(17)15(20)19(18)12-8-4-7-11(16)9-12/h4,7-10H,2-3,5-6,17H2,1H3. The molecule has 0 spiro atoms. The molecule has 0 bridgehead atoms. The summed E-state index contributed by atoms with van der Waals surface area (Å²) >= 11 is 0. The number of hydrogen-bond donors (Lipinski definition) is 1. The van der Waals surface area contributed by atoms with E-state index in [1.807, 2.05) is 7.05 Å². The first kappa shape index (κ1) is 13.0. The average molecular weight is 275 g/mol. The number of aromatic nitrogens is 2. The molecule has 1 saturated carbocycles. The predicted molar refractivity (Wildman–Crippen MR) is 76.6 cm³/mol. The summed E-state index contributed by atoms with van der Waals surface area (Å²) in [5, 5.41) is 0. The Balaban J connectivity index is 2.17. The SMILES string of the molecule is Cn1c(C2CCCC2)c(N)c(=O)n1-c1cccc(F)c1. The lowest BCUT2D eigenvalue weighted by atomic mass is 10.0. The minimum atomic E-state index is -0.364. The lowest BCUT2D eigenvalue weighted by Gasteiger charge is -2.14. The summed E-state index contributed by atoms with van der Waals surface area (Å²) in [5.41, 5.74) is 7.44. The van der Waals surface area contributed by atoms with Crippen LogP contribution in [0.4, 0.5) is 10.1 Å². The fourth-order valence-electron chi connectivity index (χ4n) is 3.22. The number of rotatable bonds is 2. The van der Waals surface area contributed by atoms with Crippen molar-refractivity contribution in [2.24, 2.45) is 7.05 Å². The van der Waals surface area contributed by atoms with Gasteiger partial charge in [-0.3, -0.25) is 9.48 Å². The van der Waals surface area contributed by atoms with Crippen molar-refractivity contribution < 1.29 is 4.39 Å². The fraction of sp³-hybridized carbons (Fsp3) is 0.400. The Morgan fingerprint density at radius 2 is 2.00 bits per heavy atom. The summed E-state index contributed by atoms with van der Waals surface area (Å²) in [7, 11) is 1.82. The van der Waals surface area contributed by atoms with Gasteiger partial charge in [-0.1, -0.05) is 18.9 Å². The number of nitrogens with zero attached hydrogens (tertiary/aromatic N) is 2. The largest absolute Gasteiger partial charge is 0.393 e. The van der Waals surface area contributed by atoms with Crippen molar-refractivity contribution in [3.8, 4) is 5.69 Å². The molecule has 4 nitrogen and oxygen atoms in total. The zero-order valence-corrected chi connectivity index (χ0v) is 11.5. The molecule has 5 heteroatoms. The molecule has 1 aromatic heterocycles. The topological polar surface area (TPSA) is 52.9 Å². The van der Waals surface area contributed by atoms with Gasteiger partial charge in [-0.05, 0) is 31.0 Å². The minimum absolute atomic E-state index is 0.264. The van der Waals surface area contributed by atoms with E-state index in [2.05, 4.69) is 0 Å². The molecule has 1 aliphatic carbocycles. The van der Waals surface area contributed by atoms with Gasteiger partial charge in [0.1, 0.15) is 11.5 Å². The van der Waals surface area contributed by atoms with Gasteiger partial charge in [-0.15, -0.1) is 0 Å². The van der Waals surface area contributed by atoms with E-state index in [1.165, 1.54) is 29.7 Å². The van der Waals surface area contributed by atoms with Crippen LogP contribution in [-0.4, -0.2) is 9.36 Å². The number of anilines is 1. The summed E-state index contributed by atoms with van der Waals surface area (Å²) in [6.45, 7) is 0. The zero-order valence-electron chi connectivity index (χ0n) is 11.5. The van der Waals surface area contributed by atoms with Crippen molar-refractivity contribution in [1.82, 2.24) is 9.36 Å². The molecule has 20 heavy (non-hydrogen) atoms. The highest BCUT2D eigenvalue weighted by Gasteiger charge is 2.26. The van der Waals surface area contributed by atoms with Crippen molar-refractivity contribution in [2.45, 2.75) is 31.6 Å². The molecule has 1 fully saturated rings. The van der Waals surface area contributed by atoms with Gasteiger partial charge in [-0.2, -0.15) is 0 Å². The maximum Gasteiger partial charge on any atom is 0.294 e. The number of nitrogens with two attached hydrogens (primary N) is 1. The van der Waals surface area contributed by atoms with Crippen LogP contribution in [0.3, 0.4) is 0 Å². The predicted octanol–water partition coefficient (Wildman–Crippen LogP) is 2.55.